The van der Waals surface area contributed by atoms with Crippen molar-refractivity contribution in [3.8, 4) is 0 Å². The van der Waals surface area contributed by atoms with E-state index in [0.29, 0.717) is 13.2 Å². The standard InChI is InChI=1S/C13H23NO7/c1-13(2)6-20-11(21-7-13)5-9(15)14-8(12(18)19)3-4-10(16)17/h8-9,11,14-15H,3-7H2,1-2H3,(H,16,17)(H,18,19)/t8-,9?/m0/s1. The van der Waals surface area contributed by atoms with Gasteiger partial charge in [-0.3, -0.25) is 14.9 Å². The maximum Gasteiger partial charge on any atom is 0.320 e. The largest absolute Gasteiger partial charge is 0.481 e. The highest BCUT2D eigenvalue weighted by Crippen LogP contribution is 2.24. The fourth-order valence-corrected chi connectivity index (χ4v) is 1.89. The Labute approximate surface area is 123 Å². The molecular formula is C13H23NO7. The molecule has 1 unspecified atom stereocenters. The lowest BCUT2D eigenvalue weighted by atomic mass is 9.95. The summed E-state index contributed by atoms with van der Waals surface area (Å²) >= 11 is 0. The summed E-state index contributed by atoms with van der Waals surface area (Å²) in [6, 6.07) is -1.13. The van der Waals surface area contributed by atoms with E-state index in [0.717, 1.165) is 0 Å². The first-order chi connectivity index (χ1) is 9.69. The zero-order chi connectivity index (χ0) is 16.0. The van der Waals surface area contributed by atoms with Gasteiger partial charge in [-0.15, -0.1) is 0 Å². The lowest BCUT2D eigenvalue weighted by molar-refractivity contribution is -0.232. The van der Waals surface area contributed by atoms with Gasteiger partial charge in [-0.05, 0) is 6.42 Å². The van der Waals surface area contributed by atoms with Crippen molar-refractivity contribution in [2.45, 2.75) is 51.7 Å². The van der Waals surface area contributed by atoms with Crippen molar-refractivity contribution >= 4 is 11.9 Å². The molecule has 1 aliphatic heterocycles. The van der Waals surface area contributed by atoms with Gasteiger partial charge < -0.3 is 24.8 Å². The van der Waals surface area contributed by atoms with Crippen LogP contribution in [-0.4, -0.2) is 59.0 Å². The van der Waals surface area contributed by atoms with Crippen LogP contribution in [0.4, 0.5) is 0 Å². The summed E-state index contributed by atoms with van der Waals surface area (Å²) < 4.78 is 10.9. The van der Waals surface area contributed by atoms with Crippen LogP contribution >= 0.6 is 0 Å². The fourth-order valence-electron chi connectivity index (χ4n) is 1.89. The van der Waals surface area contributed by atoms with Crippen LogP contribution in [0.2, 0.25) is 0 Å². The van der Waals surface area contributed by atoms with Gasteiger partial charge >= 0.3 is 11.9 Å². The number of nitrogens with one attached hydrogen (secondary N) is 1. The first kappa shape index (κ1) is 17.8. The maximum atomic E-state index is 11.0. The van der Waals surface area contributed by atoms with Crippen molar-refractivity contribution in [1.82, 2.24) is 5.32 Å². The van der Waals surface area contributed by atoms with E-state index in [1.54, 1.807) is 0 Å². The number of aliphatic hydroxyl groups excluding tert-OH is 1. The van der Waals surface area contributed by atoms with Crippen molar-refractivity contribution in [1.29, 1.82) is 0 Å². The van der Waals surface area contributed by atoms with Gasteiger partial charge in [0, 0.05) is 18.3 Å². The number of aliphatic carboxylic acids is 2. The summed E-state index contributed by atoms with van der Waals surface area (Å²) in [5.41, 5.74) is -0.0834. The number of carboxylic acid groups (broad SMARTS) is 2. The molecule has 1 heterocycles. The second kappa shape index (κ2) is 7.69. The number of hydrogen-bond acceptors (Lipinski definition) is 6. The first-order valence-corrected chi connectivity index (χ1v) is 6.81. The van der Waals surface area contributed by atoms with E-state index in [9.17, 15) is 14.7 Å². The Morgan fingerprint density at radius 1 is 1.29 bits per heavy atom. The minimum absolute atomic E-state index is 0.0763. The van der Waals surface area contributed by atoms with Crippen LogP contribution in [0.25, 0.3) is 0 Å². The molecule has 0 bridgehead atoms. The summed E-state index contributed by atoms with van der Waals surface area (Å²) in [7, 11) is 0. The third-order valence-electron chi connectivity index (χ3n) is 3.07. The first-order valence-electron chi connectivity index (χ1n) is 6.81. The molecule has 122 valence electrons. The molecule has 0 amide bonds. The number of ether oxygens (including phenoxy) is 2. The predicted octanol–water partition coefficient (Wildman–Crippen LogP) is 0.00160. The maximum absolute atomic E-state index is 11.0. The molecule has 0 aromatic heterocycles. The van der Waals surface area contributed by atoms with Gasteiger partial charge in [-0.1, -0.05) is 13.8 Å². The Hall–Kier alpha value is -1.22. The van der Waals surface area contributed by atoms with Crippen LogP contribution in [0.15, 0.2) is 0 Å². The van der Waals surface area contributed by atoms with Gasteiger partial charge in [-0.25, -0.2) is 0 Å². The summed E-state index contributed by atoms with van der Waals surface area (Å²) in [6.45, 7) is 4.96. The molecule has 21 heavy (non-hydrogen) atoms. The molecular weight excluding hydrogens is 282 g/mol. The van der Waals surface area contributed by atoms with Crippen molar-refractivity contribution in [3.63, 3.8) is 0 Å². The average Bonchev–Trinajstić information content (AvgIpc) is 2.36. The molecule has 8 heteroatoms. The van der Waals surface area contributed by atoms with E-state index in [2.05, 4.69) is 5.32 Å². The highest BCUT2D eigenvalue weighted by molar-refractivity contribution is 5.75. The number of hydrogen-bond donors (Lipinski definition) is 4. The van der Waals surface area contributed by atoms with E-state index in [1.807, 2.05) is 13.8 Å². The third-order valence-corrected chi connectivity index (χ3v) is 3.07. The SMILES string of the molecule is CC1(C)COC(CC(O)N[C@@H](CCC(=O)O)C(=O)O)OC1. The van der Waals surface area contributed by atoms with Crippen LogP contribution in [0.5, 0.6) is 0 Å². The molecule has 0 spiro atoms. The molecule has 4 N–H and O–H groups in total. The second-order valence-electron chi connectivity index (χ2n) is 5.96. The van der Waals surface area contributed by atoms with Crippen LogP contribution < -0.4 is 5.32 Å². The Kier molecular flexibility index (Phi) is 6.53. The molecule has 1 aliphatic rings. The minimum Gasteiger partial charge on any atom is -0.481 e. The Bertz CT molecular complexity index is 362. The van der Waals surface area contributed by atoms with Gasteiger partial charge in [0.15, 0.2) is 6.29 Å². The van der Waals surface area contributed by atoms with Gasteiger partial charge in [0.05, 0.1) is 13.2 Å². The topological polar surface area (TPSA) is 125 Å². The summed E-state index contributed by atoms with van der Waals surface area (Å²) in [5.74, 6) is -2.29. The van der Waals surface area contributed by atoms with Crippen LogP contribution in [-0.2, 0) is 19.1 Å². The monoisotopic (exact) mass is 305 g/mol. The van der Waals surface area contributed by atoms with Gasteiger partial charge in [-0.2, -0.15) is 0 Å². The normalized spacial score (nSPS) is 21.7. The minimum atomic E-state index is -1.21. The molecule has 0 aromatic carbocycles. The zero-order valence-electron chi connectivity index (χ0n) is 12.2. The Morgan fingerprint density at radius 2 is 1.86 bits per heavy atom. The Morgan fingerprint density at radius 3 is 2.33 bits per heavy atom. The van der Waals surface area contributed by atoms with Gasteiger partial charge in [0.25, 0.3) is 0 Å². The van der Waals surface area contributed by atoms with E-state index in [-0.39, 0.29) is 24.7 Å². The molecule has 8 nitrogen and oxygen atoms in total. The average molecular weight is 305 g/mol. The molecule has 0 radical (unpaired) electrons. The third kappa shape index (κ3) is 6.85. The van der Waals surface area contributed by atoms with Crippen molar-refractivity contribution < 1.29 is 34.4 Å². The number of rotatable bonds is 8. The van der Waals surface area contributed by atoms with Crippen molar-refractivity contribution in [2.24, 2.45) is 5.41 Å². The van der Waals surface area contributed by atoms with E-state index >= 15 is 0 Å². The molecule has 1 rings (SSSR count). The van der Waals surface area contributed by atoms with Gasteiger partial charge in [0.1, 0.15) is 12.3 Å². The molecule has 0 saturated carbocycles. The smallest absolute Gasteiger partial charge is 0.320 e. The lowest BCUT2D eigenvalue weighted by Gasteiger charge is -2.35. The quantitative estimate of drug-likeness (QED) is 0.462. The highest BCUT2D eigenvalue weighted by Gasteiger charge is 2.30. The molecule has 1 saturated heterocycles. The second-order valence-corrected chi connectivity index (χ2v) is 5.96. The summed E-state index contributed by atoms with van der Waals surface area (Å²) in [6.07, 6.45) is -2.07. The van der Waals surface area contributed by atoms with Crippen LogP contribution in [0.3, 0.4) is 0 Å². The zero-order valence-corrected chi connectivity index (χ0v) is 12.2. The lowest BCUT2D eigenvalue weighted by Crippen LogP contribution is -2.47. The number of carboxylic acids is 2. The van der Waals surface area contributed by atoms with Crippen molar-refractivity contribution in [3.05, 3.63) is 0 Å². The number of aliphatic hydroxyl groups is 1. The molecule has 1 fully saturated rings. The summed E-state index contributed by atoms with van der Waals surface area (Å²) in [4.78, 5) is 21.5. The summed E-state index contributed by atoms with van der Waals surface area (Å²) in [5, 5.41) is 29.9. The molecule has 0 aromatic rings. The predicted molar refractivity (Wildman–Crippen MR) is 71.5 cm³/mol. The Balaban J connectivity index is 2.38. The molecule has 0 aliphatic carbocycles. The van der Waals surface area contributed by atoms with E-state index in [4.69, 9.17) is 19.7 Å². The number of carbonyl (C=O) groups is 2. The van der Waals surface area contributed by atoms with Crippen LogP contribution in [0, 0.1) is 5.41 Å². The van der Waals surface area contributed by atoms with Crippen molar-refractivity contribution in [2.75, 3.05) is 13.2 Å². The van der Waals surface area contributed by atoms with Gasteiger partial charge in [0.2, 0.25) is 0 Å². The van der Waals surface area contributed by atoms with E-state index in [1.165, 1.54) is 0 Å². The van der Waals surface area contributed by atoms with Crippen LogP contribution in [0.1, 0.15) is 33.1 Å². The molecule has 2 atom stereocenters. The fraction of sp³-hybridized carbons (Fsp3) is 0.846. The van der Waals surface area contributed by atoms with E-state index < -0.39 is 30.5 Å². The highest BCUT2D eigenvalue weighted by atomic mass is 16.7.